The minimum atomic E-state index is -3.60. The van der Waals surface area contributed by atoms with Crippen molar-refractivity contribution in [1.82, 2.24) is 14.6 Å². The monoisotopic (exact) mass is 462 g/mol. The number of aromatic amines is 1. The van der Waals surface area contributed by atoms with E-state index in [4.69, 9.17) is 4.99 Å². The third kappa shape index (κ3) is 5.14. The van der Waals surface area contributed by atoms with E-state index in [1.165, 1.54) is 12.1 Å². The van der Waals surface area contributed by atoms with E-state index < -0.39 is 10.0 Å². The van der Waals surface area contributed by atoms with Crippen LogP contribution in [-0.4, -0.2) is 56.3 Å². The molecular formula is C25H26N4O3S. The highest BCUT2D eigenvalue weighted by molar-refractivity contribution is 7.89. The van der Waals surface area contributed by atoms with Gasteiger partial charge in [0.25, 0.3) is 0 Å². The van der Waals surface area contributed by atoms with E-state index in [1.54, 1.807) is 12.1 Å². The molecule has 1 aromatic heterocycles. The number of hydrogen-bond donors (Lipinski definition) is 3. The van der Waals surface area contributed by atoms with Gasteiger partial charge in [0.2, 0.25) is 10.0 Å². The van der Waals surface area contributed by atoms with Gasteiger partial charge in [-0.05, 0) is 44.4 Å². The molecule has 33 heavy (non-hydrogen) atoms. The number of H-pyrrole nitrogens is 1. The van der Waals surface area contributed by atoms with Crippen molar-refractivity contribution in [2.45, 2.75) is 4.90 Å². The van der Waals surface area contributed by atoms with Crippen LogP contribution in [0.2, 0.25) is 0 Å². The molecule has 0 spiro atoms. The smallest absolute Gasteiger partial charge is 0.240 e. The summed E-state index contributed by atoms with van der Waals surface area (Å²) < 4.78 is 27.7. The van der Waals surface area contributed by atoms with Crippen LogP contribution in [-0.2, 0) is 10.0 Å². The number of para-hydroxylation sites is 1. The molecule has 170 valence electrons. The predicted molar refractivity (Wildman–Crippen MR) is 132 cm³/mol. The Morgan fingerprint density at radius 2 is 1.64 bits per heavy atom. The summed E-state index contributed by atoms with van der Waals surface area (Å²) in [6.45, 7) is 0.934. The maximum absolute atomic E-state index is 12.5. The van der Waals surface area contributed by atoms with Gasteiger partial charge in [-0.25, -0.2) is 18.1 Å². The Labute approximate surface area is 193 Å². The number of aliphatic imine (C=N–C) groups is 1. The Balaban J connectivity index is 1.73. The summed E-state index contributed by atoms with van der Waals surface area (Å²) >= 11 is 0. The topological polar surface area (TPSA) is 97.8 Å². The third-order valence-electron chi connectivity index (χ3n) is 5.21. The molecule has 0 unspecified atom stereocenters. The first-order valence-electron chi connectivity index (χ1n) is 10.5. The van der Waals surface area contributed by atoms with Gasteiger partial charge in [-0.3, -0.25) is 0 Å². The van der Waals surface area contributed by atoms with E-state index in [-0.39, 0.29) is 10.8 Å². The van der Waals surface area contributed by atoms with Crippen LogP contribution in [0.3, 0.4) is 0 Å². The summed E-state index contributed by atoms with van der Waals surface area (Å²) in [6, 6.07) is 23.6. The van der Waals surface area contributed by atoms with E-state index >= 15 is 0 Å². The van der Waals surface area contributed by atoms with Gasteiger partial charge >= 0.3 is 0 Å². The van der Waals surface area contributed by atoms with Crippen molar-refractivity contribution < 1.29 is 13.5 Å². The molecule has 0 atom stereocenters. The van der Waals surface area contributed by atoms with Crippen molar-refractivity contribution in [2.24, 2.45) is 4.99 Å². The first-order chi connectivity index (χ1) is 15.8. The molecule has 8 heteroatoms. The number of rotatable bonds is 8. The standard InChI is InChI=1S/C25H26N4O3S/c1-29(2)17-16-26-33(31,32)20-14-12-19(13-15-20)27-24(18-8-4-3-5-9-18)23-21-10-6-7-11-22(21)28-25(23)30/h3-15,26,28,30H,16-17H2,1-2H3. The first kappa shape index (κ1) is 22.7. The minimum Gasteiger partial charge on any atom is -0.494 e. The number of sulfonamides is 1. The van der Waals surface area contributed by atoms with Gasteiger partial charge in [-0.15, -0.1) is 0 Å². The summed E-state index contributed by atoms with van der Waals surface area (Å²) in [4.78, 5) is 9.89. The van der Waals surface area contributed by atoms with E-state index in [2.05, 4.69) is 9.71 Å². The van der Waals surface area contributed by atoms with Gasteiger partial charge in [-0.2, -0.15) is 0 Å². The van der Waals surface area contributed by atoms with Gasteiger partial charge in [0, 0.05) is 29.6 Å². The summed E-state index contributed by atoms with van der Waals surface area (Å²) in [7, 11) is 0.169. The summed E-state index contributed by atoms with van der Waals surface area (Å²) in [6.07, 6.45) is 0. The predicted octanol–water partition coefficient (Wildman–Crippen LogP) is 3.88. The lowest BCUT2D eigenvalue weighted by atomic mass is 10.0. The highest BCUT2D eigenvalue weighted by atomic mass is 32.2. The van der Waals surface area contributed by atoms with Crippen molar-refractivity contribution in [2.75, 3.05) is 27.2 Å². The molecule has 4 rings (SSSR count). The lowest BCUT2D eigenvalue weighted by Crippen LogP contribution is -2.31. The summed E-state index contributed by atoms with van der Waals surface area (Å²) in [5.41, 5.74) is 3.40. The van der Waals surface area contributed by atoms with Crippen molar-refractivity contribution in [3.63, 3.8) is 0 Å². The Bertz CT molecular complexity index is 1380. The number of fused-ring (bicyclic) bond motifs is 1. The number of aromatic hydroxyl groups is 1. The second-order valence-electron chi connectivity index (χ2n) is 7.92. The molecule has 0 saturated heterocycles. The third-order valence-corrected chi connectivity index (χ3v) is 6.69. The number of benzene rings is 3. The summed E-state index contributed by atoms with van der Waals surface area (Å²) in [5.74, 6) is 0.0306. The molecule has 1 heterocycles. The number of nitrogens with zero attached hydrogens (tertiary/aromatic N) is 2. The van der Waals surface area contributed by atoms with Crippen molar-refractivity contribution >= 4 is 32.3 Å². The van der Waals surface area contributed by atoms with Crippen LogP contribution in [0.5, 0.6) is 5.88 Å². The average Bonchev–Trinajstić information content (AvgIpc) is 3.13. The maximum atomic E-state index is 12.5. The fourth-order valence-electron chi connectivity index (χ4n) is 3.54. The molecule has 4 aromatic rings. The Morgan fingerprint density at radius 3 is 2.33 bits per heavy atom. The SMILES string of the molecule is CN(C)CCNS(=O)(=O)c1ccc(N=C(c2ccccc2)c2c(O)[nH]c3ccccc23)cc1. The highest BCUT2D eigenvalue weighted by Crippen LogP contribution is 2.31. The molecule has 0 aliphatic heterocycles. The summed E-state index contributed by atoms with van der Waals surface area (Å²) in [5, 5.41) is 11.5. The van der Waals surface area contributed by atoms with Crippen LogP contribution >= 0.6 is 0 Å². The number of nitrogens with one attached hydrogen (secondary N) is 2. The molecule has 3 N–H and O–H groups in total. The van der Waals surface area contributed by atoms with Gasteiger partial charge in [0.15, 0.2) is 5.88 Å². The maximum Gasteiger partial charge on any atom is 0.240 e. The van der Waals surface area contributed by atoms with E-state index in [0.29, 0.717) is 30.1 Å². The molecule has 7 nitrogen and oxygen atoms in total. The Hall–Kier alpha value is -3.46. The number of likely N-dealkylation sites (N-methyl/N-ethyl adjacent to an activating group) is 1. The molecule has 0 saturated carbocycles. The molecule has 0 bridgehead atoms. The largest absolute Gasteiger partial charge is 0.494 e. The van der Waals surface area contributed by atoms with Crippen LogP contribution in [0.4, 0.5) is 5.69 Å². The zero-order chi connectivity index (χ0) is 23.4. The lowest BCUT2D eigenvalue weighted by Gasteiger charge is -2.11. The molecule has 0 amide bonds. The van der Waals surface area contributed by atoms with Crippen LogP contribution in [0.25, 0.3) is 10.9 Å². The molecular weight excluding hydrogens is 436 g/mol. The van der Waals surface area contributed by atoms with Crippen molar-refractivity contribution in [3.05, 3.63) is 90.0 Å². The average molecular weight is 463 g/mol. The molecule has 0 aliphatic carbocycles. The minimum absolute atomic E-state index is 0.0306. The quantitative estimate of drug-likeness (QED) is 0.346. The van der Waals surface area contributed by atoms with E-state index in [0.717, 1.165) is 16.5 Å². The first-order valence-corrected chi connectivity index (χ1v) is 12.0. The van der Waals surface area contributed by atoms with Gasteiger partial charge in [0.1, 0.15) is 0 Å². The van der Waals surface area contributed by atoms with Crippen molar-refractivity contribution in [1.29, 1.82) is 0 Å². The number of hydrogen-bond acceptors (Lipinski definition) is 5. The molecule has 3 aromatic carbocycles. The normalized spacial score (nSPS) is 12.5. The molecule has 0 fully saturated rings. The van der Waals surface area contributed by atoms with Gasteiger partial charge in [-0.1, -0.05) is 48.5 Å². The Kier molecular flexibility index (Phi) is 6.60. The van der Waals surface area contributed by atoms with Crippen LogP contribution < -0.4 is 4.72 Å². The van der Waals surface area contributed by atoms with Crippen LogP contribution in [0, 0.1) is 0 Å². The van der Waals surface area contributed by atoms with Crippen LogP contribution in [0.1, 0.15) is 11.1 Å². The van der Waals surface area contributed by atoms with Crippen LogP contribution in [0.15, 0.2) is 88.8 Å². The van der Waals surface area contributed by atoms with Crippen molar-refractivity contribution in [3.8, 4) is 5.88 Å². The number of aromatic nitrogens is 1. The van der Waals surface area contributed by atoms with Gasteiger partial charge in [0.05, 0.1) is 21.9 Å². The second kappa shape index (κ2) is 9.58. The fraction of sp³-hybridized carbons (Fsp3) is 0.160. The lowest BCUT2D eigenvalue weighted by molar-refractivity contribution is 0.412. The van der Waals surface area contributed by atoms with E-state index in [1.807, 2.05) is 73.6 Å². The molecule has 0 aliphatic rings. The zero-order valence-electron chi connectivity index (χ0n) is 18.5. The van der Waals surface area contributed by atoms with Gasteiger partial charge < -0.3 is 15.0 Å². The molecule has 0 radical (unpaired) electrons. The van der Waals surface area contributed by atoms with E-state index in [9.17, 15) is 13.5 Å². The fourth-order valence-corrected chi connectivity index (χ4v) is 4.57. The second-order valence-corrected chi connectivity index (χ2v) is 9.68. The highest BCUT2D eigenvalue weighted by Gasteiger charge is 2.19. The zero-order valence-corrected chi connectivity index (χ0v) is 19.3. The Morgan fingerprint density at radius 1 is 0.970 bits per heavy atom.